The lowest BCUT2D eigenvalue weighted by molar-refractivity contribution is 0.247. The largest absolute Gasteiger partial charge is 0.299 e. The summed E-state index contributed by atoms with van der Waals surface area (Å²) in [5, 5.41) is 7.90. The third-order valence-corrected chi connectivity index (χ3v) is 4.15. The fourth-order valence-corrected chi connectivity index (χ4v) is 2.58. The van der Waals surface area contributed by atoms with Crippen LogP contribution >= 0.6 is 0 Å². The molecule has 1 aromatic carbocycles. The second-order valence-electron chi connectivity index (χ2n) is 5.78. The molecule has 0 N–H and O–H groups in total. The van der Waals surface area contributed by atoms with Gasteiger partial charge in [0.1, 0.15) is 11.0 Å². The lowest BCUT2D eigenvalue weighted by Crippen LogP contribution is -2.31. The fraction of sp³-hybridized carbons (Fsp3) is 0.353. The molecule has 0 aliphatic heterocycles. The summed E-state index contributed by atoms with van der Waals surface area (Å²) < 4.78 is 4.83. The maximum Gasteiger partial charge on any atom is 0.139 e. The number of nitrogens with zero attached hydrogens (tertiary/aromatic N) is 4. The Morgan fingerprint density at radius 2 is 2.05 bits per heavy atom. The third-order valence-electron chi connectivity index (χ3n) is 4.15. The molecule has 114 valence electrons. The van der Waals surface area contributed by atoms with Crippen molar-refractivity contribution in [2.24, 2.45) is 0 Å². The normalized spacial score (nSPS) is 12.9. The molecule has 0 bridgehead atoms. The van der Waals surface area contributed by atoms with E-state index >= 15 is 0 Å². The van der Waals surface area contributed by atoms with Gasteiger partial charge in [-0.05, 0) is 54.5 Å². The Bertz CT molecular complexity index is 768. The molecule has 2 heterocycles. The minimum Gasteiger partial charge on any atom is -0.299 e. The molecule has 0 saturated carbocycles. The van der Waals surface area contributed by atoms with Crippen molar-refractivity contribution in [3.8, 4) is 0 Å². The Kier molecular flexibility index (Phi) is 4.15. The molecule has 0 radical (unpaired) electrons. The number of hydrogen-bond donors (Lipinski definition) is 0. The first-order valence-electron chi connectivity index (χ1n) is 7.46. The highest BCUT2D eigenvalue weighted by molar-refractivity contribution is 5.76. The first-order valence-corrected chi connectivity index (χ1v) is 7.46. The topological polar surface area (TPSA) is 55.1 Å². The average Bonchev–Trinajstić information content (AvgIpc) is 2.99. The number of aryl methyl sites for hydroxylation is 1. The molecular formula is C17H20N4O. The van der Waals surface area contributed by atoms with E-state index in [-0.39, 0.29) is 0 Å². The molecule has 5 heteroatoms. The van der Waals surface area contributed by atoms with Crippen molar-refractivity contribution in [2.75, 3.05) is 7.05 Å². The summed E-state index contributed by atoms with van der Waals surface area (Å²) >= 11 is 0. The average molecular weight is 296 g/mol. The van der Waals surface area contributed by atoms with E-state index in [0.717, 1.165) is 35.3 Å². The first-order chi connectivity index (χ1) is 10.6. The van der Waals surface area contributed by atoms with Crippen molar-refractivity contribution >= 4 is 11.0 Å². The monoisotopic (exact) mass is 296 g/mol. The summed E-state index contributed by atoms with van der Waals surface area (Å²) in [6.45, 7) is 5.13. The highest BCUT2D eigenvalue weighted by atomic mass is 16.6. The molecule has 0 amide bonds. The van der Waals surface area contributed by atoms with Crippen LogP contribution in [0.5, 0.6) is 0 Å². The molecule has 0 fully saturated rings. The van der Waals surface area contributed by atoms with Crippen LogP contribution in [0.1, 0.15) is 23.7 Å². The van der Waals surface area contributed by atoms with Gasteiger partial charge in [0.25, 0.3) is 0 Å². The number of benzene rings is 1. The minimum atomic E-state index is 0.378. The number of rotatable bonds is 5. The van der Waals surface area contributed by atoms with Gasteiger partial charge in [0.15, 0.2) is 0 Å². The van der Waals surface area contributed by atoms with E-state index in [0.29, 0.717) is 6.04 Å². The van der Waals surface area contributed by atoms with Crippen LogP contribution in [0.3, 0.4) is 0 Å². The highest BCUT2D eigenvalue weighted by Gasteiger charge is 2.15. The van der Waals surface area contributed by atoms with Crippen LogP contribution in [-0.2, 0) is 13.0 Å². The van der Waals surface area contributed by atoms with Gasteiger partial charge in [-0.3, -0.25) is 9.88 Å². The molecule has 1 atom stereocenters. The van der Waals surface area contributed by atoms with E-state index in [9.17, 15) is 0 Å². The summed E-state index contributed by atoms with van der Waals surface area (Å²) in [7, 11) is 2.12. The van der Waals surface area contributed by atoms with Crippen LogP contribution in [0.4, 0.5) is 0 Å². The molecule has 0 aliphatic rings. The van der Waals surface area contributed by atoms with E-state index in [1.807, 2.05) is 24.4 Å². The molecule has 0 aliphatic carbocycles. The summed E-state index contributed by atoms with van der Waals surface area (Å²) in [6.07, 6.45) is 2.78. The van der Waals surface area contributed by atoms with Crippen LogP contribution < -0.4 is 0 Å². The molecule has 3 rings (SSSR count). The Hall–Kier alpha value is -2.27. The van der Waals surface area contributed by atoms with Crippen LogP contribution in [0, 0.1) is 6.92 Å². The van der Waals surface area contributed by atoms with E-state index in [1.54, 1.807) is 0 Å². The van der Waals surface area contributed by atoms with Crippen molar-refractivity contribution in [1.29, 1.82) is 0 Å². The molecule has 0 spiro atoms. The van der Waals surface area contributed by atoms with Gasteiger partial charge in [0, 0.05) is 30.9 Å². The number of pyridine rings is 1. The van der Waals surface area contributed by atoms with Crippen molar-refractivity contribution in [3.05, 3.63) is 53.3 Å². The van der Waals surface area contributed by atoms with Gasteiger partial charge in [-0.2, -0.15) is 0 Å². The van der Waals surface area contributed by atoms with E-state index < -0.39 is 0 Å². The summed E-state index contributed by atoms with van der Waals surface area (Å²) in [4.78, 5) is 6.79. The molecule has 22 heavy (non-hydrogen) atoms. The van der Waals surface area contributed by atoms with Crippen LogP contribution in [0.2, 0.25) is 0 Å². The number of hydrogen-bond acceptors (Lipinski definition) is 5. The molecular weight excluding hydrogens is 276 g/mol. The van der Waals surface area contributed by atoms with Gasteiger partial charge in [0.2, 0.25) is 0 Å². The molecule has 0 saturated heterocycles. The van der Waals surface area contributed by atoms with Crippen LogP contribution in [0.15, 0.2) is 41.2 Å². The lowest BCUT2D eigenvalue weighted by atomic mass is 10.1. The number of aromatic nitrogens is 3. The van der Waals surface area contributed by atoms with Crippen LogP contribution in [-0.4, -0.2) is 33.3 Å². The lowest BCUT2D eigenvalue weighted by Gasteiger charge is -2.25. The van der Waals surface area contributed by atoms with Gasteiger partial charge in [-0.1, -0.05) is 18.2 Å². The van der Waals surface area contributed by atoms with Crippen molar-refractivity contribution in [3.63, 3.8) is 0 Å². The van der Waals surface area contributed by atoms with Gasteiger partial charge >= 0.3 is 0 Å². The second kappa shape index (κ2) is 6.23. The number of likely N-dealkylation sites (N-methyl/N-ethyl adjacent to an activating group) is 1. The smallest absolute Gasteiger partial charge is 0.139 e. The zero-order valence-electron chi connectivity index (χ0n) is 13.2. The Balaban J connectivity index is 1.72. The standard InChI is InChI=1S/C17H20N4O/c1-12-6-5-9-18-16(12)10-13(2)21(3)11-14-7-4-8-15-17(14)20-22-19-15/h4-9,13H,10-11H2,1-3H3. The molecule has 1 unspecified atom stereocenters. The zero-order chi connectivity index (χ0) is 15.5. The molecule has 3 aromatic rings. The van der Waals surface area contributed by atoms with Gasteiger partial charge < -0.3 is 0 Å². The summed E-state index contributed by atoms with van der Waals surface area (Å²) in [6, 6.07) is 10.4. The predicted molar refractivity (Wildman–Crippen MR) is 85.4 cm³/mol. The minimum absolute atomic E-state index is 0.378. The maximum absolute atomic E-state index is 4.83. The zero-order valence-corrected chi connectivity index (χ0v) is 13.2. The van der Waals surface area contributed by atoms with E-state index in [4.69, 9.17) is 4.63 Å². The summed E-state index contributed by atoms with van der Waals surface area (Å²) in [5.74, 6) is 0. The Morgan fingerprint density at radius 3 is 2.86 bits per heavy atom. The highest BCUT2D eigenvalue weighted by Crippen LogP contribution is 2.18. The SMILES string of the molecule is Cc1cccnc1CC(C)N(C)Cc1cccc2nonc12. The van der Waals surface area contributed by atoms with Crippen molar-refractivity contribution in [2.45, 2.75) is 32.9 Å². The Labute approximate surface area is 129 Å². The summed E-state index contributed by atoms with van der Waals surface area (Å²) in [5.41, 5.74) is 5.18. The predicted octanol–water partition coefficient (Wildman–Crippen LogP) is 2.99. The van der Waals surface area contributed by atoms with Crippen molar-refractivity contribution < 1.29 is 4.63 Å². The van der Waals surface area contributed by atoms with E-state index in [2.05, 4.69) is 53.2 Å². The number of fused-ring (bicyclic) bond motifs is 1. The van der Waals surface area contributed by atoms with E-state index in [1.165, 1.54) is 5.56 Å². The fourth-order valence-electron chi connectivity index (χ4n) is 2.58. The van der Waals surface area contributed by atoms with Gasteiger partial charge in [-0.25, -0.2) is 4.63 Å². The van der Waals surface area contributed by atoms with Crippen molar-refractivity contribution in [1.82, 2.24) is 20.2 Å². The first kappa shape index (κ1) is 14.7. The second-order valence-corrected chi connectivity index (χ2v) is 5.78. The van der Waals surface area contributed by atoms with Gasteiger partial charge in [-0.15, -0.1) is 0 Å². The maximum atomic E-state index is 4.83. The molecule has 2 aromatic heterocycles. The Morgan fingerprint density at radius 1 is 1.18 bits per heavy atom. The molecule has 5 nitrogen and oxygen atoms in total. The third kappa shape index (κ3) is 2.99. The van der Waals surface area contributed by atoms with Crippen LogP contribution in [0.25, 0.3) is 11.0 Å². The van der Waals surface area contributed by atoms with Gasteiger partial charge in [0.05, 0.1) is 0 Å². The quantitative estimate of drug-likeness (QED) is 0.724.